The minimum absolute atomic E-state index is 0.674. The van der Waals surface area contributed by atoms with Gasteiger partial charge in [0.05, 0.1) is 6.54 Å². The highest BCUT2D eigenvalue weighted by atomic mass is 15.4. The third-order valence-corrected chi connectivity index (χ3v) is 2.85. The minimum Gasteiger partial charge on any atom is -0.318 e. The van der Waals surface area contributed by atoms with E-state index >= 15 is 0 Å². The van der Waals surface area contributed by atoms with Crippen molar-refractivity contribution in [2.75, 3.05) is 5.43 Å². The molecule has 2 rings (SSSR count). The Morgan fingerprint density at radius 2 is 1.75 bits per heavy atom. The summed E-state index contributed by atoms with van der Waals surface area (Å²) in [5.74, 6) is 1.86. The van der Waals surface area contributed by atoms with Gasteiger partial charge in [0.15, 0.2) is 5.82 Å². The number of nitrogens with zero attached hydrogens (tertiary/aromatic N) is 4. The van der Waals surface area contributed by atoms with Gasteiger partial charge in [-0.3, -0.25) is 4.68 Å². The second-order valence-corrected chi connectivity index (χ2v) is 4.01. The van der Waals surface area contributed by atoms with Gasteiger partial charge in [0, 0.05) is 18.4 Å². The SMILES string of the molecule is Cc1nnc(CNn2c(C)ccc2C)n1C. The molecule has 0 radical (unpaired) electrons. The van der Waals surface area contributed by atoms with Crippen LogP contribution in [-0.2, 0) is 13.6 Å². The first-order valence-electron chi connectivity index (χ1n) is 5.33. The van der Waals surface area contributed by atoms with Gasteiger partial charge in [-0.05, 0) is 32.9 Å². The summed E-state index contributed by atoms with van der Waals surface area (Å²) in [5, 5.41) is 8.14. The van der Waals surface area contributed by atoms with E-state index in [0.29, 0.717) is 6.54 Å². The predicted molar refractivity (Wildman–Crippen MR) is 62.7 cm³/mol. The highest BCUT2D eigenvalue weighted by Gasteiger charge is 2.05. The van der Waals surface area contributed by atoms with Crippen LogP contribution in [0.15, 0.2) is 12.1 Å². The molecule has 0 unspecified atom stereocenters. The van der Waals surface area contributed by atoms with E-state index in [2.05, 4.69) is 46.3 Å². The van der Waals surface area contributed by atoms with Crippen LogP contribution in [0.3, 0.4) is 0 Å². The molecule has 0 aliphatic carbocycles. The molecule has 0 atom stereocenters. The fraction of sp³-hybridized carbons (Fsp3) is 0.455. The molecule has 0 aliphatic rings. The zero-order valence-electron chi connectivity index (χ0n) is 10.2. The van der Waals surface area contributed by atoms with Crippen LogP contribution in [0.2, 0.25) is 0 Å². The third-order valence-electron chi connectivity index (χ3n) is 2.85. The van der Waals surface area contributed by atoms with Gasteiger partial charge in [-0.1, -0.05) is 0 Å². The Hall–Kier alpha value is -1.78. The smallest absolute Gasteiger partial charge is 0.153 e. The lowest BCUT2D eigenvalue weighted by molar-refractivity contribution is 0.721. The Labute approximate surface area is 95.1 Å². The summed E-state index contributed by atoms with van der Waals surface area (Å²) < 4.78 is 4.05. The summed E-state index contributed by atoms with van der Waals surface area (Å²) in [6.07, 6.45) is 0. The Morgan fingerprint density at radius 3 is 2.25 bits per heavy atom. The lowest BCUT2D eigenvalue weighted by atomic mass is 10.5. The van der Waals surface area contributed by atoms with Crippen LogP contribution >= 0.6 is 0 Å². The first-order valence-corrected chi connectivity index (χ1v) is 5.33. The highest BCUT2D eigenvalue weighted by molar-refractivity contribution is 5.15. The van der Waals surface area contributed by atoms with E-state index in [0.717, 1.165) is 11.6 Å². The summed E-state index contributed by atoms with van der Waals surface area (Å²) >= 11 is 0. The first-order chi connectivity index (χ1) is 7.59. The van der Waals surface area contributed by atoms with E-state index in [4.69, 9.17) is 0 Å². The molecule has 0 bridgehead atoms. The molecule has 86 valence electrons. The van der Waals surface area contributed by atoms with Crippen molar-refractivity contribution in [2.24, 2.45) is 7.05 Å². The van der Waals surface area contributed by atoms with Crippen molar-refractivity contribution < 1.29 is 0 Å². The van der Waals surface area contributed by atoms with Crippen molar-refractivity contribution in [3.8, 4) is 0 Å². The second kappa shape index (κ2) is 4.00. The maximum absolute atomic E-state index is 4.11. The standard InChI is InChI=1S/C11H17N5/c1-8-5-6-9(2)16(8)12-7-11-14-13-10(3)15(11)4/h5-6,12H,7H2,1-4H3. The molecule has 0 aliphatic heterocycles. The molecular formula is C11H17N5. The van der Waals surface area contributed by atoms with Gasteiger partial charge >= 0.3 is 0 Å². The van der Waals surface area contributed by atoms with Crippen LogP contribution < -0.4 is 5.43 Å². The average Bonchev–Trinajstić information content (AvgIpc) is 2.73. The van der Waals surface area contributed by atoms with Gasteiger partial charge in [0.25, 0.3) is 0 Å². The molecule has 0 saturated carbocycles. The molecule has 5 nitrogen and oxygen atoms in total. The summed E-state index contributed by atoms with van der Waals surface area (Å²) in [6, 6.07) is 4.18. The Kier molecular flexibility index (Phi) is 2.68. The average molecular weight is 219 g/mol. The van der Waals surface area contributed by atoms with E-state index < -0.39 is 0 Å². The third kappa shape index (κ3) is 1.80. The molecule has 2 aromatic heterocycles. The van der Waals surface area contributed by atoms with E-state index in [9.17, 15) is 0 Å². The summed E-state index contributed by atoms with van der Waals surface area (Å²) in [4.78, 5) is 0. The van der Waals surface area contributed by atoms with Gasteiger partial charge in [-0.25, -0.2) is 0 Å². The fourth-order valence-corrected chi connectivity index (χ4v) is 1.67. The maximum atomic E-state index is 4.11. The normalized spacial score (nSPS) is 10.8. The van der Waals surface area contributed by atoms with Crippen molar-refractivity contribution in [2.45, 2.75) is 27.3 Å². The van der Waals surface area contributed by atoms with E-state index in [1.165, 1.54) is 11.4 Å². The zero-order chi connectivity index (χ0) is 11.7. The molecule has 5 heteroatoms. The summed E-state index contributed by atoms with van der Waals surface area (Å²) in [5.41, 5.74) is 5.71. The molecule has 0 spiro atoms. The van der Waals surface area contributed by atoms with Crippen LogP contribution in [0.1, 0.15) is 23.0 Å². The van der Waals surface area contributed by atoms with E-state index in [1.807, 2.05) is 18.5 Å². The topological polar surface area (TPSA) is 47.7 Å². The number of aryl methyl sites for hydroxylation is 3. The Balaban J connectivity index is 2.11. The van der Waals surface area contributed by atoms with E-state index in [1.54, 1.807) is 0 Å². The molecular weight excluding hydrogens is 202 g/mol. The summed E-state index contributed by atoms with van der Waals surface area (Å²) in [6.45, 7) is 6.76. The molecule has 16 heavy (non-hydrogen) atoms. The van der Waals surface area contributed by atoms with E-state index in [-0.39, 0.29) is 0 Å². The van der Waals surface area contributed by atoms with Crippen LogP contribution in [-0.4, -0.2) is 19.4 Å². The zero-order valence-corrected chi connectivity index (χ0v) is 10.2. The van der Waals surface area contributed by atoms with Gasteiger partial charge in [0.2, 0.25) is 0 Å². The van der Waals surface area contributed by atoms with Crippen molar-refractivity contribution in [3.63, 3.8) is 0 Å². The molecule has 0 aromatic carbocycles. The summed E-state index contributed by atoms with van der Waals surface area (Å²) in [7, 11) is 1.97. The fourth-order valence-electron chi connectivity index (χ4n) is 1.67. The predicted octanol–water partition coefficient (Wildman–Crippen LogP) is 1.29. The molecule has 0 saturated heterocycles. The maximum Gasteiger partial charge on any atom is 0.153 e. The van der Waals surface area contributed by atoms with Crippen LogP contribution in [0, 0.1) is 20.8 Å². The highest BCUT2D eigenvalue weighted by Crippen LogP contribution is 2.05. The quantitative estimate of drug-likeness (QED) is 0.846. The molecule has 2 heterocycles. The molecule has 1 N–H and O–H groups in total. The number of rotatable bonds is 3. The van der Waals surface area contributed by atoms with Crippen molar-refractivity contribution in [1.29, 1.82) is 0 Å². The Bertz CT molecular complexity index is 475. The molecule has 2 aromatic rings. The molecule has 0 fully saturated rings. The molecule has 0 amide bonds. The second-order valence-electron chi connectivity index (χ2n) is 4.01. The minimum atomic E-state index is 0.674. The van der Waals surface area contributed by atoms with Crippen LogP contribution in [0.5, 0.6) is 0 Å². The van der Waals surface area contributed by atoms with Crippen LogP contribution in [0.4, 0.5) is 0 Å². The van der Waals surface area contributed by atoms with Gasteiger partial charge in [-0.2, -0.15) is 0 Å². The first kappa shape index (κ1) is 10.7. The van der Waals surface area contributed by atoms with Gasteiger partial charge in [-0.15, -0.1) is 10.2 Å². The van der Waals surface area contributed by atoms with Gasteiger partial charge in [0.1, 0.15) is 5.82 Å². The van der Waals surface area contributed by atoms with Gasteiger partial charge < -0.3 is 9.99 Å². The lowest BCUT2D eigenvalue weighted by Crippen LogP contribution is -2.19. The largest absolute Gasteiger partial charge is 0.318 e. The Morgan fingerprint density at radius 1 is 1.12 bits per heavy atom. The van der Waals surface area contributed by atoms with Crippen molar-refractivity contribution in [1.82, 2.24) is 19.4 Å². The van der Waals surface area contributed by atoms with Crippen molar-refractivity contribution in [3.05, 3.63) is 35.2 Å². The monoisotopic (exact) mass is 219 g/mol. The van der Waals surface area contributed by atoms with Crippen molar-refractivity contribution >= 4 is 0 Å². The number of aromatic nitrogens is 4. The number of nitrogens with one attached hydrogen (secondary N) is 1. The van der Waals surface area contributed by atoms with Crippen LogP contribution in [0.25, 0.3) is 0 Å². The number of hydrogen-bond donors (Lipinski definition) is 1. The lowest BCUT2D eigenvalue weighted by Gasteiger charge is -2.11. The number of hydrogen-bond acceptors (Lipinski definition) is 3.